The van der Waals surface area contributed by atoms with Gasteiger partial charge in [0.05, 0.1) is 0 Å². The third kappa shape index (κ3) is 1.61. The summed E-state index contributed by atoms with van der Waals surface area (Å²) >= 11 is 5.84. The number of aromatic amines is 1. The van der Waals surface area contributed by atoms with E-state index in [2.05, 4.69) is 4.98 Å². The van der Waals surface area contributed by atoms with E-state index in [0.717, 1.165) is 21.9 Å². The molecule has 0 fully saturated rings. The van der Waals surface area contributed by atoms with E-state index in [4.69, 9.17) is 11.6 Å². The SMILES string of the molecule is O=c1[nH]c2ccc(CCl)cc2c2ccccc12. The number of halogens is 1. The van der Waals surface area contributed by atoms with E-state index in [9.17, 15) is 4.79 Å². The molecule has 0 unspecified atom stereocenters. The zero-order chi connectivity index (χ0) is 11.8. The van der Waals surface area contributed by atoms with Crippen LogP contribution >= 0.6 is 11.6 Å². The summed E-state index contributed by atoms with van der Waals surface area (Å²) in [5.74, 6) is 0.476. The highest BCUT2D eigenvalue weighted by Crippen LogP contribution is 2.22. The van der Waals surface area contributed by atoms with Gasteiger partial charge in [0.2, 0.25) is 0 Å². The zero-order valence-corrected chi connectivity index (χ0v) is 9.79. The zero-order valence-electron chi connectivity index (χ0n) is 9.03. The van der Waals surface area contributed by atoms with Crippen molar-refractivity contribution in [2.45, 2.75) is 5.88 Å². The third-order valence-corrected chi connectivity index (χ3v) is 3.26. The fourth-order valence-electron chi connectivity index (χ4n) is 2.11. The van der Waals surface area contributed by atoms with Crippen molar-refractivity contribution in [2.75, 3.05) is 0 Å². The summed E-state index contributed by atoms with van der Waals surface area (Å²) in [6.45, 7) is 0. The minimum atomic E-state index is -0.0493. The third-order valence-electron chi connectivity index (χ3n) is 2.95. The monoisotopic (exact) mass is 243 g/mol. The van der Waals surface area contributed by atoms with Crippen molar-refractivity contribution >= 4 is 33.3 Å². The van der Waals surface area contributed by atoms with Crippen LogP contribution in [0, 0.1) is 0 Å². The molecule has 0 bridgehead atoms. The van der Waals surface area contributed by atoms with Gasteiger partial charge >= 0.3 is 0 Å². The Morgan fingerprint density at radius 2 is 1.76 bits per heavy atom. The van der Waals surface area contributed by atoms with Gasteiger partial charge in [-0.05, 0) is 29.1 Å². The van der Waals surface area contributed by atoms with E-state index < -0.39 is 0 Å². The van der Waals surface area contributed by atoms with Gasteiger partial charge in [0, 0.05) is 22.2 Å². The summed E-state index contributed by atoms with van der Waals surface area (Å²) in [7, 11) is 0. The molecule has 0 saturated carbocycles. The van der Waals surface area contributed by atoms with E-state index in [-0.39, 0.29) is 5.56 Å². The van der Waals surface area contributed by atoms with Crippen LogP contribution in [0.5, 0.6) is 0 Å². The number of hydrogen-bond acceptors (Lipinski definition) is 1. The summed E-state index contributed by atoms with van der Waals surface area (Å²) < 4.78 is 0. The van der Waals surface area contributed by atoms with Gasteiger partial charge in [-0.25, -0.2) is 0 Å². The van der Waals surface area contributed by atoms with Gasteiger partial charge in [-0.1, -0.05) is 24.3 Å². The van der Waals surface area contributed by atoms with Gasteiger partial charge in [-0.2, -0.15) is 0 Å². The van der Waals surface area contributed by atoms with Crippen LogP contribution < -0.4 is 5.56 Å². The normalized spacial score (nSPS) is 11.1. The predicted molar refractivity (Wildman–Crippen MR) is 71.6 cm³/mol. The highest BCUT2D eigenvalue weighted by molar-refractivity contribution is 6.17. The summed E-state index contributed by atoms with van der Waals surface area (Å²) in [4.78, 5) is 14.8. The quantitative estimate of drug-likeness (QED) is 0.516. The fourth-order valence-corrected chi connectivity index (χ4v) is 2.28. The molecule has 84 valence electrons. The smallest absolute Gasteiger partial charge is 0.256 e. The summed E-state index contributed by atoms with van der Waals surface area (Å²) in [5.41, 5.74) is 1.85. The molecule has 0 amide bonds. The van der Waals surface area contributed by atoms with Crippen LogP contribution in [0.2, 0.25) is 0 Å². The van der Waals surface area contributed by atoms with Crippen LogP contribution in [0.3, 0.4) is 0 Å². The standard InChI is InChI=1S/C14H10ClNO/c15-8-9-5-6-13-12(7-9)10-3-1-2-4-11(10)14(17)16-13/h1-7H,8H2,(H,16,17). The van der Waals surface area contributed by atoms with Crippen molar-refractivity contribution in [1.29, 1.82) is 0 Å². The van der Waals surface area contributed by atoms with Gasteiger partial charge in [-0.3, -0.25) is 4.79 Å². The Balaban J connectivity index is 2.56. The average molecular weight is 244 g/mol. The van der Waals surface area contributed by atoms with Crippen LogP contribution in [0.4, 0.5) is 0 Å². The Labute approximate surface area is 103 Å². The maximum Gasteiger partial charge on any atom is 0.256 e. The first-order valence-corrected chi connectivity index (χ1v) is 5.92. The second-order valence-electron chi connectivity index (χ2n) is 4.01. The number of alkyl halides is 1. The molecule has 0 aliphatic heterocycles. The Morgan fingerprint density at radius 3 is 2.53 bits per heavy atom. The molecule has 0 saturated heterocycles. The molecule has 3 heteroatoms. The minimum Gasteiger partial charge on any atom is -0.321 e. The lowest BCUT2D eigenvalue weighted by atomic mass is 10.0. The van der Waals surface area contributed by atoms with E-state index >= 15 is 0 Å². The van der Waals surface area contributed by atoms with E-state index in [1.807, 2.05) is 42.5 Å². The molecule has 0 radical (unpaired) electrons. The van der Waals surface area contributed by atoms with Crippen LogP contribution in [-0.4, -0.2) is 4.98 Å². The second kappa shape index (κ2) is 3.90. The molecular weight excluding hydrogens is 234 g/mol. The van der Waals surface area contributed by atoms with Gasteiger partial charge in [0.1, 0.15) is 0 Å². The number of H-pyrrole nitrogens is 1. The van der Waals surface area contributed by atoms with Crippen LogP contribution in [-0.2, 0) is 5.88 Å². The number of hydrogen-bond donors (Lipinski definition) is 1. The Morgan fingerprint density at radius 1 is 1.00 bits per heavy atom. The van der Waals surface area contributed by atoms with Crippen LogP contribution in [0.25, 0.3) is 21.7 Å². The molecule has 1 N–H and O–H groups in total. The molecule has 17 heavy (non-hydrogen) atoms. The molecule has 0 spiro atoms. The number of rotatable bonds is 1. The second-order valence-corrected chi connectivity index (χ2v) is 4.28. The minimum absolute atomic E-state index is 0.0493. The van der Waals surface area contributed by atoms with Crippen molar-refractivity contribution in [3.8, 4) is 0 Å². The number of benzene rings is 2. The average Bonchev–Trinajstić information content (AvgIpc) is 2.39. The largest absolute Gasteiger partial charge is 0.321 e. The van der Waals surface area contributed by atoms with Crippen LogP contribution in [0.1, 0.15) is 5.56 Å². The van der Waals surface area contributed by atoms with Crippen molar-refractivity contribution in [1.82, 2.24) is 4.98 Å². The maximum absolute atomic E-state index is 11.9. The summed E-state index contributed by atoms with van der Waals surface area (Å²) in [6.07, 6.45) is 0. The van der Waals surface area contributed by atoms with E-state index in [1.165, 1.54) is 0 Å². The first-order chi connectivity index (χ1) is 8.29. The number of pyridine rings is 1. The van der Waals surface area contributed by atoms with E-state index in [1.54, 1.807) is 0 Å². The highest BCUT2D eigenvalue weighted by atomic mass is 35.5. The molecule has 1 aromatic heterocycles. The van der Waals surface area contributed by atoms with Gasteiger partial charge in [0.25, 0.3) is 5.56 Å². The number of aromatic nitrogens is 1. The molecule has 2 aromatic carbocycles. The molecule has 0 aliphatic rings. The molecule has 0 aliphatic carbocycles. The van der Waals surface area contributed by atoms with Gasteiger partial charge in [0.15, 0.2) is 0 Å². The maximum atomic E-state index is 11.9. The van der Waals surface area contributed by atoms with Crippen molar-refractivity contribution < 1.29 is 0 Å². The molecule has 3 rings (SSSR count). The Kier molecular flexibility index (Phi) is 2.37. The molecule has 2 nitrogen and oxygen atoms in total. The summed E-state index contributed by atoms with van der Waals surface area (Å²) in [6, 6.07) is 13.5. The van der Waals surface area contributed by atoms with Crippen molar-refractivity contribution in [3.05, 3.63) is 58.4 Å². The molecular formula is C14H10ClNO. The lowest BCUT2D eigenvalue weighted by Gasteiger charge is -2.04. The van der Waals surface area contributed by atoms with Gasteiger partial charge < -0.3 is 4.98 Å². The Bertz CT molecular complexity index is 761. The van der Waals surface area contributed by atoms with E-state index in [0.29, 0.717) is 11.3 Å². The highest BCUT2D eigenvalue weighted by Gasteiger charge is 2.04. The molecule has 1 heterocycles. The lowest BCUT2D eigenvalue weighted by Crippen LogP contribution is -2.06. The predicted octanol–water partition coefficient (Wildman–Crippen LogP) is 3.42. The van der Waals surface area contributed by atoms with Crippen molar-refractivity contribution in [2.24, 2.45) is 0 Å². The summed E-state index contributed by atoms with van der Waals surface area (Å²) in [5, 5.41) is 2.73. The fraction of sp³-hybridized carbons (Fsp3) is 0.0714. The first-order valence-electron chi connectivity index (χ1n) is 5.39. The lowest BCUT2D eigenvalue weighted by molar-refractivity contribution is 1.33. The molecule has 3 aromatic rings. The number of nitrogens with one attached hydrogen (secondary N) is 1. The first kappa shape index (κ1) is 10.4. The van der Waals surface area contributed by atoms with Crippen LogP contribution in [0.15, 0.2) is 47.3 Å². The Hall–Kier alpha value is -1.80. The van der Waals surface area contributed by atoms with Crippen molar-refractivity contribution in [3.63, 3.8) is 0 Å². The van der Waals surface area contributed by atoms with Gasteiger partial charge in [-0.15, -0.1) is 11.6 Å². The molecule has 0 atom stereocenters. The topological polar surface area (TPSA) is 32.9 Å². The number of fused-ring (bicyclic) bond motifs is 3.